The lowest BCUT2D eigenvalue weighted by molar-refractivity contribution is 0.192. The van der Waals surface area contributed by atoms with E-state index >= 15 is 0 Å². The molecule has 1 heterocycles. The largest absolute Gasteiger partial charge is 0.385 e. The van der Waals surface area contributed by atoms with Crippen LogP contribution in [0.4, 0.5) is 0 Å². The fraction of sp³-hybridized carbons (Fsp3) is 1.00. The van der Waals surface area contributed by atoms with Gasteiger partial charge in [0.2, 0.25) is 0 Å². The molecule has 1 atom stereocenters. The van der Waals surface area contributed by atoms with Crippen molar-refractivity contribution in [2.45, 2.75) is 25.3 Å². The molecule has 0 spiro atoms. The zero-order chi connectivity index (χ0) is 12.5. The molecule has 0 aliphatic carbocycles. The van der Waals surface area contributed by atoms with Gasteiger partial charge < -0.3 is 19.9 Å². The molecule has 0 radical (unpaired) electrons. The van der Waals surface area contributed by atoms with Gasteiger partial charge in [-0.1, -0.05) is 0 Å². The van der Waals surface area contributed by atoms with Crippen molar-refractivity contribution in [1.29, 1.82) is 0 Å². The van der Waals surface area contributed by atoms with Crippen molar-refractivity contribution in [3.05, 3.63) is 0 Å². The van der Waals surface area contributed by atoms with Crippen molar-refractivity contribution in [1.82, 2.24) is 15.1 Å². The predicted octanol–water partition coefficient (Wildman–Crippen LogP) is 0.639. The van der Waals surface area contributed by atoms with Crippen LogP contribution in [0.2, 0.25) is 0 Å². The van der Waals surface area contributed by atoms with Crippen molar-refractivity contribution < 1.29 is 4.74 Å². The quantitative estimate of drug-likeness (QED) is 0.602. The first-order valence-electron chi connectivity index (χ1n) is 6.82. The van der Waals surface area contributed by atoms with E-state index in [9.17, 15) is 0 Å². The number of hydrogen-bond acceptors (Lipinski definition) is 4. The Kier molecular flexibility index (Phi) is 7.77. The van der Waals surface area contributed by atoms with E-state index in [-0.39, 0.29) is 0 Å². The van der Waals surface area contributed by atoms with Gasteiger partial charge in [-0.15, -0.1) is 0 Å². The van der Waals surface area contributed by atoms with Crippen LogP contribution in [0.25, 0.3) is 0 Å². The molecule has 1 unspecified atom stereocenters. The van der Waals surface area contributed by atoms with Crippen molar-refractivity contribution in [2.75, 3.05) is 60.5 Å². The Hall–Kier alpha value is -0.160. The van der Waals surface area contributed by atoms with E-state index in [0.29, 0.717) is 0 Å². The molecule has 0 bridgehead atoms. The first-order valence-corrected chi connectivity index (χ1v) is 6.82. The highest BCUT2D eigenvalue weighted by Crippen LogP contribution is 2.14. The van der Waals surface area contributed by atoms with E-state index in [4.69, 9.17) is 4.74 Å². The van der Waals surface area contributed by atoms with E-state index in [1.807, 2.05) is 0 Å². The molecule has 102 valence electrons. The molecule has 1 saturated heterocycles. The summed E-state index contributed by atoms with van der Waals surface area (Å²) >= 11 is 0. The lowest BCUT2D eigenvalue weighted by Crippen LogP contribution is -2.39. The van der Waals surface area contributed by atoms with Crippen molar-refractivity contribution >= 4 is 0 Å². The number of nitrogens with one attached hydrogen (secondary N) is 1. The lowest BCUT2D eigenvalue weighted by atomic mass is 10.2. The summed E-state index contributed by atoms with van der Waals surface area (Å²) in [4.78, 5) is 4.93. The summed E-state index contributed by atoms with van der Waals surface area (Å²) in [6.07, 6.45) is 3.83. The lowest BCUT2D eigenvalue weighted by Gasteiger charge is -2.25. The van der Waals surface area contributed by atoms with Crippen LogP contribution in [-0.4, -0.2) is 76.4 Å². The van der Waals surface area contributed by atoms with Crippen molar-refractivity contribution in [2.24, 2.45) is 0 Å². The van der Waals surface area contributed by atoms with Crippen LogP contribution in [-0.2, 0) is 4.74 Å². The van der Waals surface area contributed by atoms with E-state index in [1.54, 1.807) is 7.11 Å². The van der Waals surface area contributed by atoms with Crippen LogP contribution < -0.4 is 5.32 Å². The smallest absolute Gasteiger partial charge is 0.0474 e. The summed E-state index contributed by atoms with van der Waals surface area (Å²) in [6, 6.07) is 0.772. The predicted molar refractivity (Wildman–Crippen MR) is 72.5 cm³/mol. The van der Waals surface area contributed by atoms with E-state index < -0.39 is 0 Å². The Morgan fingerprint density at radius 3 is 2.88 bits per heavy atom. The highest BCUT2D eigenvalue weighted by molar-refractivity contribution is 4.78. The van der Waals surface area contributed by atoms with Crippen LogP contribution in [0.3, 0.4) is 0 Å². The third-order valence-electron chi connectivity index (χ3n) is 3.57. The van der Waals surface area contributed by atoms with Gasteiger partial charge >= 0.3 is 0 Å². The van der Waals surface area contributed by atoms with Gasteiger partial charge in [-0.25, -0.2) is 0 Å². The molecule has 4 heteroatoms. The maximum Gasteiger partial charge on any atom is 0.0474 e. The molecule has 1 rings (SSSR count). The summed E-state index contributed by atoms with van der Waals surface area (Å²) in [5.41, 5.74) is 0. The molecular weight excluding hydrogens is 214 g/mol. The minimum absolute atomic E-state index is 0.772. The first kappa shape index (κ1) is 14.9. The minimum atomic E-state index is 0.772. The maximum atomic E-state index is 5.01. The van der Waals surface area contributed by atoms with E-state index in [2.05, 4.69) is 29.2 Å². The second-order valence-corrected chi connectivity index (χ2v) is 5.14. The number of hydrogen-bond donors (Lipinski definition) is 1. The van der Waals surface area contributed by atoms with Gasteiger partial charge in [0, 0.05) is 39.4 Å². The zero-order valence-electron chi connectivity index (χ0n) is 11.7. The maximum absolute atomic E-state index is 5.01. The molecule has 0 aromatic heterocycles. The number of ether oxygens (including phenoxy) is 1. The summed E-state index contributed by atoms with van der Waals surface area (Å²) in [5.74, 6) is 0. The molecule has 1 N–H and O–H groups in total. The highest BCUT2D eigenvalue weighted by Gasteiger charge is 2.21. The van der Waals surface area contributed by atoms with Crippen molar-refractivity contribution in [3.8, 4) is 0 Å². The van der Waals surface area contributed by atoms with Gasteiger partial charge in [0.15, 0.2) is 0 Å². The number of methoxy groups -OCH3 is 1. The molecule has 1 aliphatic heterocycles. The second kappa shape index (κ2) is 8.86. The Labute approximate surface area is 106 Å². The van der Waals surface area contributed by atoms with E-state index in [0.717, 1.165) is 38.7 Å². The monoisotopic (exact) mass is 243 g/mol. The van der Waals surface area contributed by atoms with Crippen LogP contribution >= 0.6 is 0 Å². The van der Waals surface area contributed by atoms with Gasteiger partial charge in [-0.2, -0.15) is 0 Å². The third-order valence-corrected chi connectivity index (χ3v) is 3.57. The standard InChI is InChI=1S/C13H29N3O/c1-15(10-8-14-7-5-11-17-3)12-13-6-4-9-16(13)2/h13-14H,4-12H2,1-3H3. The molecule has 0 saturated carbocycles. The van der Waals surface area contributed by atoms with Crippen molar-refractivity contribution in [3.63, 3.8) is 0 Å². The summed E-state index contributed by atoms with van der Waals surface area (Å²) in [6.45, 7) is 6.61. The molecule has 1 aliphatic rings. The SMILES string of the molecule is COCCCNCCN(C)CC1CCCN1C. The molecule has 0 amide bonds. The van der Waals surface area contributed by atoms with Crippen LogP contribution in [0.15, 0.2) is 0 Å². The topological polar surface area (TPSA) is 27.7 Å². The normalized spacial score (nSPS) is 21.5. The Bertz CT molecular complexity index is 190. The number of nitrogens with zero attached hydrogens (tertiary/aromatic N) is 2. The molecular formula is C13H29N3O. The number of rotatable bonds is 9. The summed E-state index contributed by atoms with van der Waals surface area (Å²) in [5, 5.41) is 3.45. The number of likely N-dealkylation sites (tertiary alicyclic amines) is 1. The third kappa shape index (κ3) is 6.36. The van der Waals surface area contributed by atoms with Gasteiger partial charge in [0.05, 0.1) is 0 Å². The van der Waals surface area contributed by atoms with Crippen LogP contribution in [0, 0.1) is 0 Å². The average Bonchev–Trinajstić information content (AvgIpc) is 2.69. The molecule has 1 fully saturated rings. The van der Waals surface area contributed by atoms with E-state index in [1.165, 1.54) is 25.9 Å². The molecule has 4 nitrogen and oxygen atoms in total. The second-order valence-electron chi connectivity index (χ2n) is 5.14. The molecule has 17 heavy (non-hydrogen) atoms. The number of likely N-dealkylation sites (N-methyl/N-ethyl adjacent to an activating group) is 2. The molecule has 0 aromatic carbocycles. The van der Waals surface area contributed by atoms with Gasteiger partial charge in [-0.3, -0.25) is 0 Å². The Morgan fingerprint density at radius 2 is 2.24 bits per heavy atom. The minimum Gasteiger partial charge on any atom is -0.385 e. The Balaban J connectivity index is 1.95. The van der Waals surface area contributed by atoms with Crippen LogP contribution in [0.5, 0.6) is 0 Å². The molecule has 0 aromatic rings. The summed E-state index contributed by atoms with van der Waals surface area (Å²) < 4.78 is 5.01. The summed E-state index contributed by atoms with van der Waals surface area (Å²) in [7, 11) is 6.23. The fourth-order valence-electron chi connectivity index (χ4n) is 2.40. The van der Waals surface area contributed by atoms with Crippen LogP contribution in [0.1, 0.15) is 19.3 Å². The fourth-order valence-corrected chi connectivity index (χ4v) is 2.40. The van der Waals surface area contributed by atoms with Gasteiger partial charge in [-0.05, 0) is 46.4 Å². The Morgan fingerprint density at radius 1 is 1.41 bits per heavy atom. The first-order chi connectivity index (χ1) is 8.24. The average molecular weight is 243 g/mol. The van der Waals surface area contributed by atoms with Gasteiger partial charge in [0.1, 0.15) is 0 Å². The van der Waals surface area contributed by atoms with Gasteiger partial charge in [0.25, 0.3) is 0 Å². The zero-order valence-corrected chi connectivity index (χ0v) is 11.7. The highest BCUT2D eigenvalue weighted by atomic mass is 16.5.